The molecule has 0 aromatic heterocycles. The van der Waals surface area contributed by atoms with E-state index in [0.717, 1.165) is 19.4 Å². The van der Waals surface area contributed by atoms with E-state index in [1.807, 2.05) is 0 Å². The van der Waals surface area contributed by atoms with Crippen molar-refractivity contribution in [1.29, 1.82) is 0 Å². The summed E-state index contributed by atoms with van der Waals surface area (Å²) in [4.78, 5) is 11.3. The lowest BCUT2D eigenvalue weighted by atomic mass is 9.62. The van der Waals surface area contributed by atoms with Gasteiger partial charge in [0.25, 0.3) is 0 Å². The standard InChI is InChI=1S/C8H11BrO2/c1-7-3-8(4-7,11-5-7)6(10)2-9/h2-5H2,1H3. The average molecular weight is 219 g/mol. The van der Waals surface area contributed by atoms with E-state index in [2.05, 4.69) is 22.9 Å². The molecule has 2 nitrogen and oxygen atoms in total. The van der Waals surface area contributed by atoms with Crippen LogP contribution in [-0.2, 0) is 9.53 Å². The number of hydrogen-bond acceptors (Lipinski definition) is 2. The van der Waals surface area contributed by atoms with E-state index in [0.29, 0.717) is 10.7 Å². The van der Waals surface area contributed by atoms with Crippen molar-refractivity contribution < 1.29 is 9.53 Å². The minimum Gasteiger partial charge on any atom is -0.367 e. The highest BCUT2D eigenvalue weighted by Gasteiger charge is 2.63. The Kier molecular flexibility index (Phi) is 1.46. The molecule has 3 rings (SSSR count). The lowest BCUT2D eigenvalue weighted by molar-refractivity contribution is -0.139. The molecule has 0 amide bonds. The fraction of sp³-hybridized carbons (Fsp3) is 0.875. The summed E-state index contributed by atoms with van der Waals surface area (Å²) in [5.41, 5.74) is -0.0594. The van der Waals surface area contributed by atoms with Gasteiger partial charge >= 0.3 is 0 Å². The van der Waals surface area contributed by atoms with Crippen LogP contribution in [0.2, 0.25) is 0 Å². The van der Waals surface area contributed by atoms with E-state index in [1.54, 1.807) is 0 Å². The quantitative estimate of drug-likeness (QED) is 0.658. The average Bonchev–Trinajstić information content (AvgIpc) is 2.40. The van der Waals surface area contributed by atoms with E-state index in [1.165, 1.54) is 0 Å². The molecule has 1 saturated carbocycles. The van der Waals surface area contributed by atoms with Crippen molar-refractivity contribution in [3.8, 4) is 0 Å². The number of hydrogen-bond donors (Lipinski definition) is 0. The molecule has 2 saturated heterocycles. The van der Waals surface area contributed by atoms with E-state index in [-0.39, 0.29) is 11.4 Å². The van der Waals surface area contributed by atoms with Gasteiger partial charge in [0.2, 0.25) is 0 Å². The van der Waals surface area contributed by atoms with Gasteiger partial charge in [-0.3, -0.25) is 4.79 Å². The number of carbonyl (C=O) groups excluding carboxylic acids is 1. The Morgan fingerprint density at radius 2 is 2.27 bits per heavy atom. The van der Waals surface area contributed by atoms with E-state index in [9.17, 15) is 4.79 Å². The van der Waals surface area contributed by atoms with Crippen LogP contribution in [0.15, 0.2) is 0 Å². The summed E-state index contributed by atoms with van der Waals surface area (Å²) >= 11 is 3.17. The number of Topliss-reactive ketones (excluding diaryl/α,β-unsaturated/α-hetero) is 1. The fourth-order valence-electron chi connectivity index (χ4n) is 2.24. The topological polar surface area (TPSA) is 26.3 Å². The molecule has 0 aromatic carbocycles. The molecule has 0 atom stereocenters. The summed E-state index contributed by atoms with van der Waals surface area (Å²) in [5.74, 6) is 0.215. The number of ketones is 1. The van der Waals surface area contributed by atoms with Gasteiger partial charge in [-0.15, -0.1) is 0 Å². The monoisotopic (exact) mass is 218 g/mol. The predicted octanol–water partition coefficient (Wildman–Crippen LogP) is 1.52. The number of alkyl halides is 1. The van der Waals surface area contributed by atoms with Crippen molar-refractivity contribution in [3.05, 3.63) is 0 Å². The van der Waals surface area contributed by atoms with Crippen molar-refractivity contribution in [3.63, 3.8) is 0 Å². The van der Waals surface area contributed by atoms with Crippen LogP contribution in [0.3, 0.4) is 0 Å². The zero-order valence-corrected chi connectivity index (χ0v) is 8.11. The van der Waals surface area contributed by atoms with Crippen LogP contribution < -0.4 is 0 Å². The molecule has 3 fully saturated rings. The molecule has 3 aliphatic rings. The molecule has 2 bridgehead atoms. The molecular weight excluding hydrogens is 208 g/mol. The first-order chi connectivity index (χ1) is 5.10. The van der Waals surface area contributed by atoms with Crippen LogP contribution in [0, 0.1) is 5.41 Å². The zero-order chi connectivity index (χ0) is 8.11. The molecule has 2 heterocycles. The van der Waals surface area contributed by atoms with Crippen LogP contribution in [-0.4, -0.2) is 23.3 Å². The Morgan fingerprint density at radius 1 is 1.64 bits per heavy atom. The number of fused-ring (bicyclic) bond motifs is 1. The molecule has 0 radical (unpaired) electrons. The van der Waals surface area contributed by atoms with Gasteiger partial charge in [-0.05, 0) is 18.3 Å². The molecular formula is C8H11BrO2. The zero-order valence-electron chi connectivity index (χ0n) is 6.52. The second kappa shape index (κ2) is 2.07. The highest BCUT2D eigenvalue weighted by atomic mass is 79.9. The third kappa shape index (κ3) is 0.905. The Bertz CT molecular complexity index is 206. The smallest absolute Gasteiger partial charge is 0.175 e. The van der Waals surface area contributed by atoms with E-state index >= 15 is 0 Å². The third-order valence-electron chi connectivity index (χ3n) is 2.75. The molecule has 11 heavy (non-hydrogen) atoms. The number of ether oxygens (including phenoxy) is 1. The maximum absolute atomic E-state index is 11.3. The summed E-state index contributed by atoms with van der Waals surface area (Å²) in [6.45, 7) is 2.95. The molecule has 0 aromatic rings. The third-order valence-corrected chi connectivity index (χ3v) is 3.26. The molecule has 3 heteroatoms. The van der Waals surface area contributed by atoms with Crippen LogP contribution >= 0.6 is 15.9 Å². The number of rotatable bonds is 2. The molecule has 0 N–H and O–H groups in total. The van der Waals surface area contributed by atoms with Gasteiger partial charge in [0, 0.05) is 0 Å². The minimum atomic E-state index is -0.377. The van der Waals surface area contributed by atoms with Gasteiger partial charge in [0.15, 0.2) is 5.78 Å². The summed E-state index contributed by atoms with van der Waals surface area (Å²) in [6, 6.07) is 0. The fourth-order valence-corrected chi connectivity index (χ4v) is 2.75. The summed E-state index contributed by atoms with van der Waals surface area (Å²) in [6.07, 6.45) is 1.87. The maximum Gasteiger partial charge on any atom is 0.175 e. The SMILES string of the molecule is CC12COC(C(=O)CBr)(C1)C2. The molecule has 0 spiro atoms. The first-order valence-corrected chi connectivity index (χ1v) is 4.96. The summed E-state index contributed by atoms with van der Waals surface area (Å²) in [5, 5.41) is 0.434. The van der Waals surface area contributed by atoms with Gasteiger partial charge < -0.3 is 4.74 Å². The summed E-state index contributed by atoms with van der Waals surface area (Å²) < 4.78 is 5.49. The van der Waals surface area contributed by atoms with Crippen LogP contribution in [0.1, 0.15) is 19.8 Å². The predicted molar refractivity (Wildman–Crippen MR) is 44.8 cm³/mol. The van der Waals surface area contributed by atoms with Gasteiger partial charge in [0.1, 0.15) is 5.60 Å². The van der Waals surface area contributed by atoms with Crippen molar-refractivity contribution >= 4 is 21.7 Å². The van der Waals surface area contributed by atoms with Crippen molar-refractivity contribution in [1.82, 2.24) is 0 Å². The van der Waals surface area contributed by atoms with Gasteiger partial charge in [-0.2, -0.15) is 0 Å². The lowest BCUT2D eigenvalue weighted by Crippen LogP contribution is -2.49. The molecule has 0 unspecified atom stereocenters. The first-order valence-electron chi connectivity index (χ1n) is 3.84. The van der Waals surface area contributed by atoms with Gasteiger partial charge in [-0.25, -0.2) is 0 Å². The van der Waals surface area contributed by atoms with Crippen molar-refractivity contribution in [2.24, 2.45) is 5.41 Å². The van der Waals surface area contributed by atoms with Crippen LogP contribution in [0.4, 0.5) is 0 Å². The Balaban J connectivity index is 2.13. The molecule has 2 aliphatic heterocycles. The first kappa shape index (κ1) is 7.74. The normalized spacial score (nSPS) is 47.1. The number of halogens is 1. The highest BCUT2D eigenvalue weighted by molar-refractivity contribution is 9.09. The largest absolute Gasteiger partial charge is 0.367 e. The molecule has 62 valence electrons. The van der Waals surface area contributed by atoms with E-state index < -0.39 is 0 Å². The second-order valence-corrected chi connectivity index (χ2v) is 4.56. The second-order valence-electron chi connectivity index (χ2n) is 4.00. The Labute approximate surface area is 74.4 Å². The Morgan fingerprint density at radius 3 is 2.64 bits per heavy atom. The maximum atomic E-state index is 11.3. The van der Waals surface area contributed by atoms with Crippen molar-refractivity contribution in [2.75, 3.05) is 11.9 Å². The van der Waals surface area contributed by atoms with Gasteiger partial charge in [0.05, 0.1) is 11.9 Å². The molecule has 1 aliphatic carbocycles. The van der Waals surface area contributed by atoms with Crippen LogP contribution in [0.25, 0.3) is 0 Å². The minimum absolute atomic E-state index is 0.215. The van der Waals surface area contributed by atoms with Crippen LogP contribution in [0.5, 0.6) is 0 Å². The van der Waals surface area contributed by atoms with Gasteiger partial charge in [-0.1, -0.05) is 22.9 Å². The number of carbonyl (C=O) groups is 1. The lowest BCUT2D eigenvalue weighted by Gasteiger charge is -2.40. The summed E-state index contributed by atoms with van der Waals surface area (Å²) in [7, 11) is 0. The van der Waals surface area contributed by atoms with Crippen molar-refractivity contribution in [2.45, 2.75) is 25.4 Å². The Hall–Kier alpha value is 0.110. The highest BCUT2D eigenvalue weighted by Crippen LogP contribution is 2.57. The van der Waals surface area contributed by atoms with E-state index in [4.69, 9.17) is 4.74 Å².